The molecule has 0 heterocycles. The summed E-state index contributed by atoms with van der Waals surface area (Å²) in [7, 11) is 1.57. The monoisotopic (exact) mass is 213 g/mol. The molecule has 4 heteroatoms. The Hall–Kier alpha value is -0.710. The normalized spacial score (nSPS) is 14.9. The van der Waals surface area contributed by atoms with Crippen LogP contribution >= 0.6 is 0 Å². The average Bonchev–Trinajstić information content (AvgIpc) is 2.16. The summed E-state index contributed by atoms with van der Waals surface area (Å²) in [5, 5.41) is 0. The lowest BCUT2D eigenvalue weighted by molar-refractivity contribution is 0.402. The Morgan fingerprint density at radius 1 is 1.50 bits per heavy atom. The number of hydrogen-bond acceptors (Lipinski definition) is 3. The molecule has 0 radical (unpaired) electrons. The van der Waals surface area contributed by atoms with E-state index >= 15 is 0 Å². The van der Waals surface area contributed by atoms with Crippen molar-refractivity contribution in [3.63, 3.8) is 0 Å². The van der Waals surface area contributed by atoms with Crippen LogP contribution in [0.4, 0.5) is 0 Å². The first kappa shape index (κ1) is 11.4. The van der Waals surface area contributed by atoms with E-state index in [2.05, 4.69) is 0 Å². The highest BCUT2D eigenvalue weighted by Crippen LogP contribution is 2.26. The van der Waals surface area contributed by atoms with Crippen molar-refractivity contribution in [3.8, 4) is 5.75 Å². The van der Waals surface area contributed by atoms with Gasteiger partial charge in [-0.15, -0.1) is 0 Å². The van der Waals surface area contributed by atoms with Crippen LogP contribution in [0, 0.1) is 0 Å². The summed E-state index contributed by atoms with van der Waals surface area (Å²) in [6.07, 6.45) is 1.63. The summed E-state index contributed by atoms with van der Waals surface area (Å²) in [6, 6.07) is 5.47. The summed E-state index contributed by atoms with van der Waals surface area (Å²) >= 11 is -1.03. The molecule has 0 fully saturated rings. The maximum absolute atomic E-state index is 11.3. The minimum atomic E-state index is -1.03. The molecule has 1 aromatic rings. The quantitative estimate of drug-likeness (QED) is 0.773. The van der Waals surface area contributed by atoms with Crippen molar-refractivity contribution in [2.45, 2.75) is 17.9 Å². The van der Waals surface area contributed by atoms with Crippen molar-refractivity contribution in [3.05, 3.63) is 23.8 Å². The van der Waals surface area contributed by atoms with Crippen LogP contribution < -0.4 is 10.5 Å². The molecule has 3 nitrogen and oxygen atoms in total. The summed E-state index contributed by atoms with van der Waals surface area (Å²) in [4.78, 5) is 0.705. The molecule has 0 saturated carbocycles. The molecule has 0 aliphatic carbocycles. The fourth-order valence-electron chi connectivity index (χ4n) is 1.20. The molecule has 0 aromatic heterocycles. The van der Waals surface area contributed by atoms with Crippen molar-refractivity contribution in [1.82, 2.24) is 0 Å². The molecule has 0 saturated heterocycles. The third kappa shape index (κ3) is 2.41. The van der Waals surface area contributed by atoms with E-state index in [0.717, 1.165) is 5.56 Å². The molecule has 1 rings (SSSR count). The van der Waals surface area contributed by atoms with E-state index in [1.165, 1.54) is 0 Å². The Bertz CT molecular complexity index is 313. The van der Waals surface area contributed by atoms with E-state index in [-0.39, 0.29) is 6.04 Å². The Balaban J connectivity index is 3.11. The largest absolute Gasteiger partial charge is 0.612 e. The Kier molecular flexibility index (Phi) is 3.80. The van der Waals surface area contributed by atoms with Crippen LogP contribution in [-0.4, -0.2) is 17.9 Å². The van der Waals surface area contributed by atoms with Crippen molar-refractivity contribution in [1.29, 1.82) is 0 Å². The van der Waals surface area contributed by atoms with E-state index in [1.54, 1.807) is 19.4 Å². The number of hydrogen-bond donors (Lipinski definition) is 1. The molecule has 0 aliphatic rings. The van der Waals surface area contributed by atoms with Gasteiger partial charge in [0.1, 0.15) is 6.26 Å². The Morgan fingerprint density at radius 3 is 2.57 bits per heavy atom. The van der Waals surface area contributed by atoms with E-state index in [9.17, 15) is 4.55 Å². The molecule has 0 bridgehead atoms. The number of nitrogens with two attached hydrogens (primary N) is 1. The molecule has 2 N–H and O–H groups in total. The van der Waals surface area contributed by atoms with Crippen molar-refractivity contribution >= 4 is 11.2 Å². The zero-order valence-corrected chi connectivity index (χ0v) is 9.43. The molecule has 0 aliphatic heterocycles. The summed E-state index contributed by atoms with van der Waals surface area (Å²) in [5.41, 5.74) is 6.71. The predicted molar refractivity (Wildman–Crippen MR) is 57.9 cm³/mol. The van der Waals surface area contributed by atoms with Crippen LogP contribution in [-0.2, 0) is 11.2 Å². The van der Waals surface area contributed by atoms with Gasteiger partial charge in [0.2, 0.25) is 0 Å². The Morgan fingerprint density at radius 2 is 2.14 bits per heavy atom. The van der Waals surface area contributed by atoms with Gasteiger partial charge in [-0.25, -0.2) is 0 Å². The Labute approximate surface area is 87.4 Å². The fraction of sp³-hybridized carbons (Fsp3) is 0.400. The first-order valence-corrected chi connectivity index (χ1v) is 5.89. The van der Waals surface area contributed by atoms with Gasteiger partial charge in [0.25, 0.3) is 0 Å². The molecule has 78 valence electrons. The standard InChI is InChI=1S/C10H15NO2S/c1-7(11)8-4-5-10(14(3)12)9(6-8)13-2/h4-7H,11H2,1-3H3. The number of rotatable bonds is 3. The van der Waals surface area contributed by atoms with Crippen LogP contribution in [0.3, 0.4) is 0 Å². The summed E-state index contributed by atoms with van der Waals surface area (Å²) in [5.74, 6) is 0.639. The second-order valence-corrected chi connectivity index (χ2v) is 4.50. The highest BCUT2D eigenvalue weighted by atomic mass is 32.2. The molecule has 2 unspecified atom stereocenters. The van der Waals surface area contributed by atoms with E-state index in [0.29, 0.717) is 10.6 Å². The smallest absolute Gasteiger partial charge is 0.194 e. The van der Waals surface area contributed by atoms with Gasteiger partial charge in [-0.2, -0.15) is 0 Å². The highest BCUT2D eigenvalue weighted by molar-refractivity contribution is 7.90. The zero-order valence-electron chi connectivity index (χ0n) is 8.61. The van der Waals surface area contributed by atoms with Crippen LogP contribution in [0.2, 0.25) is 0 Å². The van der Waals surface area contributed by atoms with Crippen LogP contribution in [0.15, 0.2) is 23.1 Å². The first-order chi connectivity index (χ1) is 6.56. The topological polar surface area (TPSA) is 58.3 Å². The van der Waals surface area contributed by atoms with Crippen LogP contribution in [0.1, 0.15) is 18.5 Å². The lowest BCUT2D eigenvalue weighted by Crippen LogP contribution is -2.07. The summed E-state index contributed by atoms with van der Waals surface area (Å²) in [6.45, 7) is 1.90. The van der Waals surface area contributed by atoms with E-state index < -0.39 is 11.2 Å². The molecule has 0 amide bonds. The lowest BCUT2D eigenvalue weighted by Gasteiger charge is -2.12. The summed E-state index contributed by atoms with van der Waals surface area (Å²) < 4.78 is 16.5. The predicted octanol–water partition coefficient (Wildman–Crippen LogP) is 1.45. The van der Waals surface area contributed by atoms with Crippen molar-refractivity contribution in [2.24, 2.45) is 5.73 Å². The van der Waals surface area contributed by atoms with Gasteiger partial charge in [-0.3, -0.25) is 0 Å². The SMILES string of the molecule is COc1cc(C(C)N)ccc1[S+](C)[O-]. The third-order valence-corrected chi connectivity index (χ3v) is 2.98. The van der Waals surface area contributed by atoms with Gasteiger partial charge >= 0.3 is 0 Å². The third-order valence-electron chi connectivity index (χ3n) is 2.02. The number of methoxy groups -OCH3 is 1. The van der Waals surface area contributed by atoms with Gasteiger partial charge in [0.05, 0.1) is 7.11 Å². The zero-order chi connectivity index (χ0) is 10.7. The lowest BCUT2D eigenvalue weighted by atomic mass is 10.1. The minimum Gasteiger partial charge on any atom is -0.612 e. The molecular weight excluding hydrogens is 198 g/mol. The van der Waals surface area contributed by atoms with Crippen molar-refractivity contribution < 1.29 is 9.29 Å². The van der Waals surface area contributed by atoms with Crippen LogP contribution in [0.25, 0.3) is 0 Å². The molecule has 0 spiro atoms. The van der Waals surface area contributed by atoms with E-state index in [4.69, 9.17) is 10.5 Å². The molecule has 14 heavy (non-hydrogen) atoms. The second-order valence-electron chi connectivity index (χ2n) is 3.15. The second kappa shape index (κ2) is 4.68. The first-order valence-electron chi connectivity index (χ1n) is 4.33. The average molecular weight is 213 g/mol. The van der Waals surface area contributed by atoms with Crippen LogP contribution in [0.5, 0.6) is 5.75 Å². The maximum Gasteiger partial charge on any atom is 0.194 e. The van der Waals surface area contributed by atoms with Gasteiger partial charge in [-0.05, 0) is 35.8 Å². The molecule has 2 atom stereocenters. The van der Waals surface area contributed by atoms with E-state index in [1.807, 2.05) is 19.1 Å². The van der Waals surface area contributed by atoms with Gasteiger partial charge in [0, 0.05) is 6.04 Å². The van der Waals surface area contributed by atoms with Crippen molar-refractivity contribution in [2.75, 3.05) is 13.4 Å². The number of benzene rings is 1. The molecule has 1 aromatic carbocycles. The van der Waals surface area contributed by atoms with Gasteiger partial charge < -0.3 is 15.0 Å². The fourth-order valence-corrected chi connectivity index (χ4v) is 1.89. The highest BCUT2D eigenvalue weighted by Gasteiger charge is 2.13. The van der Waals surface area contributed by atoms with Gasteiger partial charge in [-0.1, -0.05) is 6.07 Å². The number of ether oxygens (including phenoxy) is 1. The maximum atomic E-state index is 11.3. The minimum absolute atomic E-state index is 0.0387. The van der Waals surface area contributed by atoms with Gasteiger partial charge in [0.15, 0.2) is 10.6 Å². The molecular formula is C10H15NO2S.